The Hall–Kier alpha value is -1.67. The Bertz CT molecular complexity index is 577. The van der Waals surface area contributed by atoms with Crippen LogP contribution >= 0.6 is 0 Å². The zero-order valence-electron chi connectivity index (χ0n) is 12.4. The van der Waals surface area contributed by atoms with Gasteiger partial charge >= 0.3 is 0 Å². The summed E-state index contributed by atoms with van der Waals surface area (Å²) in [6.07, 6.45) is 0.850. The van der Waals surface area contributed by atoms with E-state index in [2.05, 4.69) is 37.4 Å². The Balaban J connectivity index is 2.25. The lowest BCUT2D eigenvalue weighted by Crippen LogP contribution is -2.20. The van der Waals surface area contributed by atoms with Gasteiger partial charge in [0.2, 0.25) is 0 Å². The molecule has 106 valence electrons. The molecule has 1 nitrogen and oxygen atoms in total. The van der Waals surface area contributed by atoms with E-state index in [0.717, 1.165) is 18.5 Å². The average Bonchev–Trinajstić information content (AvgIpc) is 2.43. The molecule has 2 heteroatoms. The minimum Gasteiger partial charge on any atom is -0.319 e. The molecule has 2 aromatic rings. The summed E-state index contributed by atoms with van der Waals surface area (Å²) in [5, 5.41) is 3.17. The van der Waals surface area contributed by atoms with Gasteiger partial charge in [0.05, 0.1) is 0 Å². The van der Waals surface area contributed by atoms with E-state index < -0.39 is 0 Å². The summed E-state index contributed by atoms with van der Waals surface area (Å²) < 4.78 is 14.0. The summed E-state index contributed by atoms with van der Waals surface area (Å²) in [7, 11) is 1.91. The lowest BCUT2D eigenvalue weighted by atomic mass is 9.90. The average molecular weight is 271 g/mol. The van der Waals surface area contributed by atoms with Gasteiger partial charge in [0.15, 0.2) is 0 Å². The van der Waals surface area contributed by atoms with Crippen LogP contribution in [0.1, 0.15) is 28.2 Å². The van der Waals surface area contributed by atoms with Gasteiger partial charge in [-0.05, 0) is 55.6 Å². The van der Waals surface area contributed by atoms with Gasteiger partial charge in [-0.3, -0.25) is 0 Å². The van der Waals surface area contributed by atoms with Crippen LogP contribution in [0, 0.1) is 19.7 Å². The van der Waals surface area contributed by atoms with Gasteiger partial charge in [-0.15, -0.1) is 0 Å². The van der Waals surface area contributed by atoms with Gasteiger partial charge < -0.3 is 5.32 Å². The highest BCUT2D eigenvalue weighted by Crippen LogP contribution is 2.24. The van der Waals surface area contributed by atoms with E-state index in [1.165, 1.54) is 16.7 Å². The maximum absolute atomic E-state index is 14.0. The van der Waals surface area contributed by atoms with Crippen LogP contribution in [-0.4, -0.2) is 13.6 Å². The van der Waals surface area contributed by atoms with E-state index in [1.54, 1.807) is 12.1 Å². The smallest absolute Gasteiger partial charge is 0.126 e. The second-order valence-corrected chi connectivity index (χ2v) is 5.40. The SMILES string of the molecule is CNCC(Cc1ccc(C)c(C)c1)c1ccccc1F. The molecule has 2 aromatic carbocycles. The first-order valence-corrected chi connectivity index (χ1v) is 7.07. The molecule has 0 fully saturated rings. The van der Waals surface area contributed by atoms with Crippen molar-refractivity contribution < 1.29 is 4.39 Å². The monoisotopic (exact) mass is 271 g/mol. The first kappa shape index (κ1) is 14.7. The van der Waals surface area contributed by atoms with Crippen molar-refractivity contribution in [3.05, 3.63) is 70.5 Å². The number of rotatable bonds is 5. The van der Waals surface area contributed by atoms with Crippen LogP contribution in [0.25, 0.3) is 0 Å². The molecular formula is C18H22FN. The Morgan fingerprint density at radius 2 is 1.80 bits per heavy atom. The fourth-order valence-electron chi connectivity index (χ4n) is 2.56. The van der Waals surface area contributed by atoms with Gasteiger partial charge in [-0.1, -0.05) is 36.4 Å². The fraction of sp³-hybridized carbons (Fsp3) is 0.333. The number of nitrogens with one attached hydrogen (secondary N) is 1. The molecule has 0 saturated heterocycles. The van der Waals surface area contributed by atoms with Crippen molar-refractivity contribution in [2.75, 3.05) is 13.6 Å². The first-order valence-electron chi connectivity index (χ1n) is 7.07. The third-order valence-electron chi connectivity index (χ3n) is 3.85. The van der Waals surface area contributed by atoms with Crippen LogP contribution in [-0.2, 0) is 6.42 Å². The number of hydrogen-bond donors (Lipinski definition) is 1. The molecule has 0 aromatic heterocycles. The molecule has 20 heavy (non-hydrogen) atoms. The number of benzene rings is 2. The lowest BCUT2D eigenvalue weighted by Gasteiger charge is -2.18. The van der Waals surface area contributed by atoms with Crippen molar-refractivity contribution in [1.82, 2.24) is 5.32 Å². The van der Waals surface area contributed by atoms with Gasteiger partial charge in [-0.2, -0.15) is 0 Å². The summed E-state index contributed by atoms with van der Waals surface area (Å²) in [6.45, 7) is 5.00. The molecule has 0 amide bonds. The van der Waals surface area contributed by atoms with Crippen molar-refractivity contribution >= 4 is 0 Å². The highest BCUT2D eigenvalue weighted by molar-refractivity contribution is 5.32. The standard InChI is InChI=1S/C18H22FN/c1-13-8-9-15(10-14(13)2)11-16(12-20-3)17-6-4-5-7-18(17)19/h4-10,16,20H,11-12H2,1-3H3. The van der Waals surface area contributed by atoms with Crippen molar-refractivity contribution in [3.8, 4) is 0 Å². The highest BCUT2D eigenvalue weighted by Gasteiger charge is 2.15. The predicted molar refractivity (Wildman–Crippen MR) is 82.7 cm³/mol. The van der Waals surface area contributed by atoms with Crippen LogP contribution in [0.15, 0.2) is 42.5 Å². The third kappa shape index (κ3) is 3.45. The molecular weight excluding hydrogens is 249 g/mol. The van der Waals surface area contributed by atoms with Gasteiger partial charge in [-0.25, -0.2) is 4.39 Å². The summed E-state index contributed by atoms with van der Waals surface area (Å²) in [5.74, 6) is 0.0416. The normalized spacial score (nSPS) is 12.4. The zero-order valence-corrected chi connectivity index (χ0v) is 12.4. The number of aryl methyl sites for hydroxylation is 2. The van der Waals surface area contributed by atoms with Crippen LogP contribution in [0.4, 0.5) is 4.39 Å². The second-order valence-electron chi connectivity index (χ2n) is 5.40. The van der Waals surface area contributed by atoms with Crippen LogP contribution in [0.3, 0.4) is 0 Å². The topological polar surface area (TPSA) is 12.0 Å². The Labute approximate surface area is 120 Å². The minimum atomic E-state index is -0.114. The molecule has 1 N–H and O–H groups in total. The molecule has 2 rings (SSSR count). The summed E-state index contributed by atoms with van der Waals surface area (Å²) in [5.41, 5.74) is 4.64. The minimum absolute atomic E-state index is 0.114. The number of hydrogen-bond acceptors (Lipinski definition) is 1. The van der Waals surface area contributed by atoms with Gasteiger partial charge in [0, 0.05) is 12.5 Å². The second kappa shape index (κ2) is 6.67. The zero-order chi connectivity index (χ0) is 14.5. The molecule has 0 bridgehead atoms. The van der Waals surface area contributed by atoms with E-state index in [4.69, 9.17) is 0 Å². The maximum Gasteiger partial charge on any atom is 0.126 e. The molecule has 0 heterocycles. The summed E-state index contributed by atoms with van der Waals surface area (Å²) >= 11 is 0. The van der Waals surface area contributed by atoms with Crippen LogP contribution < -0.4 is 5.32 Å². The van der Waals surface area contributed by atoms with Crippen LogP contribution in [0.5, 0.6) is 0 Å². The molecule has 0 spiro atoms. The third-order valence-corrected chi connectivity index (χ3v) is 3.85. The Morgan fingerprint density at radius 3 is 2.45 bits per heavy atom. The maximum atomic E-state index is 14.0. The van der Waals surface area contributed by atoms with E-state index in [0.29, 0.717) is 0 Å². The predicted octanol–water partition coefficient (Wildman–Crippen LogP) is 3.99. The molecule has 1 atom stereocenters. The highest BCUT2D eigenvalue weighted by atomic mass is 19.1. The quantitative estimate of drug-likeness (QED) is 0.867. The fourth-order valence-corrected chi connectivity index (χ4v) is 2.56. The van der Waals surface area contributed by atoms with E-state index in [9.17, 15) is 4.39 Å². The van der Waals surface area contributed by atoms with Gasteiger partial charge in [0.25, 0.3) is 0 Å². The Kier molecular flexibility index (Phi) is 4.91. The van der Waals surface area contributed by atoms with Crippen molar-refractivity contribution in [3.63, 3.8) is 0 Å². The molecule has 0 aliphatic rings. The first-order chi connectivity index (χ1) is 9.61. The van der Waals surface area contributed by atoms with Crippen LogP contribution in [0.2, 0.25) is 0 Å². The van der Waals surface area contributed by atoms with Gasteiger partial charge in [0.1, 0.15) is 5.82 Å². The largest absolute Gasteiger partial charge is 0.319 e. The molecule has 0 aliphatic heterocycles. The number of likely N-dealkylation sites (N-methyl/N-ethyl adjacent to an activating group) is 1. The number of halogens is 1. The lowest BCUT2D eigenvalue weighted by molar-refractivity contribution is 0.556. The van der Waals surface area contributed by atoms with E-state index >= 15 is 0 Å². The molecule has 0 aliphatic carbocycles. The summed E-state index contributed by atoms with van der Waals surface area (Å²) in [4.78, 5) is 0. The Morgan fingerprint density at radius 1 is 1.05 bits per heavy atom. The van der Waals surface area contributed by atoms with Crippen molar-refractivity contribution in [2.24, 2.45) is 0 Å². The van der Waals surface area contributed by atoms with Crippen molar-refractivity contribution in [2.45, 2.75) is 26.2 Å². The molecule has 0 saturated carbocycles. The summed E-state index contributed by atoms with van der Waals surface area (Å²) in [6, 6.07) is 13.6. The van der Waals surface area contributed by atoms with Crippen molar-refractivity contribution in [1.29, 1.82) is 0 Å². The van der Waals surface area contributed by atoms with E-state index in [-0.39, 0.29) is 11.7 Å². The molecule has 1 unspecified atom stereocenters. The molecule has 0 radical (unpaired) electrons. The van der Waals surface area contributed by atoms with E-state index in [1.807, 2.05) is 19.2 Å².